The van der Waals surface area contributed by atoms with Gasteiger partial charge in [-0.15, -0.1) is 0 Å². The molecule has 0 saturated carbocycles. The maximum absolute atomic E-state index is 12.5. The van der Waals surface area contributed by atoms with Crippen LogP contribution in [0.1, 0.15) is 16.1 Å². The lowest BCUT2D eigenvalue weighted by atomic mass is 10.2. The summed E-state index contributed by atoms with van der Waals surface area (Å²) in [4.78, 5) is 26.5. The number of nitrogens with one attached hydrogen (secondary N) is 1. The molecule has 0 unspecified atom stereocenters. The number of carbonyl (C=O) groups excluding carboxylic acids is 1. The number of aromatic nitrogens is 2. The Labute approximate surface area is 199 Å². The number of hydrogen-bond donors (Lipinski definition) is 1. The summed E-state index contributed by atoms with van der Waals surface area (Å²) in [6, 6.07) is 25.6. The van der Waals surface area contributed by atoms with Crippen LogP contribution in [0.3, 0.4) is 0 Å². The summed E-state index contributed by atoms with van der Waals surface area (Å²) in [7, 11) is 1.68. The van der Waals surface area contributed by atoms with E-state index in [4.69, 9.17) is 9.72 Å². The molecular weight excluding hydrogens is 426 g/mol. The number of nitrogens with zero attached hydrogens (tertiary/aromatic N) is 4. The molecule has 0 aliphatic carbocycles. The third kappa shape index (κ3) is 4.78. The second kappa shape index (κ2) is 9.79. The molecule has 1 N–H and O–H groups in total. The average Bonchev–Trinajstić information content (AvgIpc) is 2.92. The summed E-state index contributed by atoms with van der Waals surface area (Å²) in [5, 5.41) is 2.93. The smallest absolute Gasteiger partial charge is 0.270 e. The van der Waals surface area contributed by atoms with Crippen molar-refractivity contribution in [1.82, 2.24) is 15.3 Å². The molecule has 34 heavy (non-hydrogen) atoms. The Balaban J connectivity index is 1.22. The second-order valence-corrected chi connectivity index (χ2v) is 8.24. The molecule has 7 heteroatoms. The predicted molar refractivity (Wildman–Crippen MR) is 135 cm³/mol. The van der Waals surface area contributed by atoms with Crippen molar-refractivity contribution in [3.8, 4) is 5.75 Å². The Morgan fingerprint density at radius 1 is 0.824 bits per heavy atom. The summed E-state index contributed by atoms with van der Waals surface area (Å²) < 4.78 is 5.26. The molecule has 1 saturated heterocycles. The highest BCUT2D eigenvalue weighted by Crippen LogP contribution is 2.23. The number of carbonyl (C=O) groups is 1. The molecule has 1 aliphatic rings. The molecule has 5 rings (SSSR count). The summed E-state index contributed by atoms with van der Waals surface area (Å²) in [5.41, 5.74) is 4.15. The molecule has 172 valence electrons. The van der Waals surface area contributed by atoms with Crippen molar-refractivity contribution in [3.63, 3.8) is 0 Å². The minimum absolute atomic E-state index is 0.190. The van der Waals surface area contributed by atoms with E-state index in [9.17, 15) is 4.79 Å². The zero-order chi connectivity index (χ0) is 23.3. The van der Waals surface area contributed by atoms with Gasteiger partial charge in [-0.3, -0.25) is 4.79 Å². The molecule has 0 atom stereocenters. The van der Waals surface area contributed by atoms with E-state index >= 15 is 0 Å². The number of amides is 1. The van der Waals surface area contributed by atoms with E-state index in [0.717, 1.165) is 48.8 Å². The maximum Gasteiger partial charge on any atom is 0.270 e. The molecule has 1 fully saturated rings. The Bertz CT molecular complexity index is 1270. The van der Waals surface area contributed by atoms with Crippen LogP contribution in [-0.2, 0) is 6.54 Å². The van der Waals surface area contributed by atoms with Crippen LogP contribution in [0.5, 0.6) is 5.75 Å². The number of rotatable bonds is 6. The molecule has 2 aromatic carbocycles. The molecule has 0 bridgehead atoms. The van der Waals surface area contributed by atoms with E-state index in [1.54, 1.807) is 13.2 Å². The van der Waals surface area contributed by atoms with Gasteiger partial charge in [-0.25, -0.2) is 9.97 Å². The SMILES string of the molecule is COc1ccc(N2CCN(c3ccc4nc(C(=O)NCc5ccccc5)ccc4n3)CC2)cc1. The summed E-state index contributed by atoms with van der Waals surface area (Å²) in [6.45, 7) is 4.09. The van der Waals surface area contributed by atoms with E-state index in [-0.39, 0.29) is 5.91 Å². The lowest BCUT2D eigenvalue weighted by Crippen LogP contribution is -2.46. The topological polar surface area (TPSA) is 70.6 Å². The van der Waals surface area contributed by atoms with Gasteiger partial charge in [0.15, 0.2) is 0 Å². The summed E-state index contributed by atoms with van der Waals surface area (Å²) in [6.07, 6.45) is 0. The Morgan fingerprint density at radius 2 is 1.50 bits per heavy atom. The number of fused-ring (bicyclic) bond motifs is 1. The maximum atomic E-state index is 12.5. The van der Waals surface area contributed by atoms with Gasteiger partial charge in [0, 0.05) is 38.4 Å². The zero-order valence-corrected chi connectivity index (χ0v) is 19.1. The van der Waals surface area contributed by atoms with Gasteiger partial charge in [-0.2, -0.15) is 0 Å². The molecule has 3 heterocycles. The fraction of sp³-hybridized carbons (Fsp3) is 0.222. The van der Waals surface area contributed by atoms with Crippen LogP contribution >= 0.6 is 0 Å². The number of benzene rings is 2. The first-order chi connectivity index (χ1) is 16.7. The number of methoxy groups -OCH3 is 1. The van der Waals surface area contributed by atoms with Gasteiger partial charge >= 0.3 is 0 Å². The Kier molecular flexibility index (Phi) is 6.25. The minimum Gasteiger partial charge on any atom is -0.497 e. The van der Waals surface area contributed by atoms with Crippen molar-refractivity contribution in [2.24, 2.45) is 0 Å². The van der Waals surface area contributed by atoms with Crippen LogP contribution in [0.4, 0.5) is 11.5 Å². The van der Waals surface area contributed by atoms with Gasteiger partial charge in [-0.1, -0.05) is 30.3 Å². The van der Waals surface area contributed by atoms with Crippen LogP contribution in [0.2, 0.25) is 0 Å². The largest absolute Gasteiger partial charge is 0.497 e. The number of hydrogen-bond acceptors (Lipinski definition) is 6. The molecule has 1 aliphatic heterocycles. The van der Waals surface area contributed by atoms with E-state index < -0.39 is 0 Å². The van der Waals surface area contributed by atoms with Crippen molar-refractivity contribution < 1.29 is 9.53 Å². The van der Waals surface area contributed by atoms with Gasteiger partial charge in [0.2, 0.25) is 0 Å². The van der Waals surface area contributed by atoms with Gasteiger partial charge < -0.3 is 19.9 Å². The molecule has 4 aromatic rings. The van der Waals surface area contributed by atoms with E-state index in [2.05, 4.69) is 32.2 Å². The Hall–Kier alpha value is -4.13. The van der Waals surface area contributed by atoms with Crippen LogP contribution < -0.4 is 19.9 Å². The number of pyridine rings is 2. The first-order valence-corrected chi connectivity index (χ1v) is 11.4. The fourth-order valence-electron chi connectivity index (χ4n) is 4.16. The Morgan fingerprint density at radius 3 is 2.24 bits per heavy atom. The molecular formula is C27H27N5O2. The highest BCUT2D eigenvalue weighted by atomic mass is 16.5. The highest BCUT2D eigenvalue weighted by Gasteiger charge is 2.19. The molecule has 2 aromatic heterocycles. The number of ether oxygens (including phenoxy) is 1. The number of piperazine rings is 1. The lowest BCUT2D eigenvalue weighted by molar-refractivity contribution is 0.0946. The predicted octanol–water partition coefficient (Wildman–Crippen LogP) is 3.90. The third-order valence-corrected chi connectivity index (χ3v) is 6.10. The summed E-state index contributed by atoms with van der Waals surface area (Å²) >= 11 is 0. The molecule has 0 radical (unpaired) electrons. The summed E-state index contributed by atoms with van der Waals surface area (Å²) in [5.74, 6) is 1.61. The quantitative estimate of drug-likeness (QED) is 0.478. The van der Waals surface area contributed by atoms with E-state index in [0.29, 0.717) is 17.8 Å². The van der Waals surface area contributed by atoms with E-state index in [1.165, 1.54) is 5.69 Å². The normalized spacial score (nSPS) is 13.7. The highest BCUT2D eigenvalue weighted by molar-refractivity contribution is 5.94. The first-order valence-electron chi connectivity index (χ1n) is 11.4. The average molecular weight is 454 g/mol. The van der Waals surface area contributed by atoms with Crippen LogP contribution in [0.25, 0.3) is 11.0 Å². The van der Waals surface area contributed by atoms with Crippen molar-refractivity contribution >= 4 is 28.4 Å². The number of anilines is 2. The standard InChI is InChI=1S/C27H27N5O2/c1-34-22-9-7-21(8-10-22)31-15-17-32(18-16-31)26-14-13-23-24(30-26)11-12-25(29-23)27(33)28-19-20-5-3-2-4-6-20/h2-14H,15-19H2,1H3,(H,28,33). The van der Waals surface area contributed by atoms with Crippen molar-refractivity contribution in [3.05, 3.63) is 90.1 Å². The monoisotopic (exact) mass is 453 g/mol. The molecule has 7 nitrogen and oxygen atoms in total. The van der Waals surface area contributed by atoms with Crippen LogP contribution in [0.15, 0.2) is 78.9 Å². The van der Waals surface area contributed by atoms with Crippen molar-refractivity contribution in [2.75, 3.05) is 43.1 Å². The fourth-order valence-corrected chi connectivity index (χ4v) is 4.16. The van der Waals surface area contributed by atoms with Gasteiger partial charge in [-0.05, 0) is 54.1 Å². The van der Waals surface area contributed by atoms with Gasteiger partial charge in [0.1, 0.15) is 17.3 Å². The van der Waals surface area contributed by atoms with Crippen molar-refractivity contribution in [2.45, 2.75) is 6.54 Å². The van der Waals surface area contributed by atoms with Gasteiger partial charge in [0.05, 0.1) is 18.1 Å². The minimum atomic E-state index is -0.190. The zero-order valence-electron chi connectivity index (χ0n) is 19.1. The molecule has 1 amide bonds. The molecule has 0 spiro atoms. The third-order valence-electron chi connectivity index (χ3n) is 6.10. The first kappa shape index (κ1) is 21.7. The van der Waals surface area contributed by atoms with Crippen LogP contribution in [-0.4, -0.2) is 49.2 Å². The second-order valence-electron chi connectivity index (χ2n) is 8.24. The van der Waals surface area contributed by atoms with Crippen LogP contribution in [0, 0.1) is 0 Å². The van der Waals surface area contributed by atoms with E-state index in [1.807, 2.05) is 60.7 Å². The van der Waals surface area contributed by atoms with Gasteiger partial charge in [0.25, 0.3) is 5.91 Å². The lowest BCUT2D eigenvalue weighted by Gasteiger charge is -2.36. The van der Waals surface area contributed by atoms with Crippen molar-refractivity contribution in [1.29, 1.82) is 0 Å².